The summed E-state index contributed by atoms with van der Waals surface area (Å²) in [5.41, 5.74) is 1.57. The molecule has 0 radical (unpaired) electrons. The van der Waals surface area contributed by atoms with Crippen molar-refractivity contribution in [2.24, 2.45) is 0 Å². The first-order chi connectivity index (χ1) is 12.6. The minimum Gasteiger partial charge on any atom is -0.455 e. The molecule has 26 heavy (non-hydrogen) atoms. The summed E-state index contributed by atoms with van der Waals surface area (Å²) >= 11 is 0. The summed E-state index contributed by atoms with van der Waals surface area (Å²) in [4.78, 5) is 26.9. The van der Waals surface area contributed by atoms with Crippen molar-refractivity contribution in [2.75, 3.05) is 12.4 Å². The van der Waals surface area contributed by atoms with Crippen LogP contribution in [0.15, 0.2) is 59.2 Å². The van der Waals surface area contributed by atoms with Gasteiger partial charge < -0.3 is 14.5 Å². The minimum absolute atomic E-state index is 0.0773. The summed E-state index contributed by atoms with van der Waals surface area (Å²) in [6, 6.07) is 13.3. The molecule has 1 heterocycles. The first-order valence-electron chi connectivity index (χ1n) is 7.71. The molecule has 0 saturated carbocycles. The molecule has 3 rings (SSSR count). The molecule has 0 unspecified atom stereocenters. The largest absolute Gasteiger partial charge is 0.455 e. The van der Waals surface area contributed by atoms with Gasteiger partial charge in [-0.15, -0.1) is 0 Å². The number of anilines is 1. The molecule has 8 nitrogen and oxygen atoms in total. The summed E-state index contributed by atoms with van der Waals surface area (Å²) in [7, 11) is 1.61. The van der Waals surface area contributed by atoms with E-state index in [-0.39, 0.29) is 17.9 Å². The Balaban J connectivity index is 1.72. The minimum atomic E-state index is -0.692. The molecular formula is C18H15N3O5. The number of rotatable bonds is 6. The molecule has 2 aromatic carbocycles. The Kier molecular flexibility index (Phi) is 4.93. The molecular weight excluding hydrogens is 338 g/mol. The smallest absolute Gasteiger partial charge is 0.340 e. The van der Waals surface area contributed by atoms with Crippen LogP contribution in [0.2, 0.25) is 0 Å². The van der Waals surface area contributed by atoms with Gasteiger partial charge in [0.15, 0.2) is 0 Å². The summed E-state index contributed by atoms with van der Waals surface area (Å²) in [6.07, 6.45) is 1.40. The van der Waals surface area contributed by atoms with Gasteiger partial charge in [-0.2, -0.15) is 0 Å². The highest BCUT2D eigenvalue weighted by molar-refractivity contribution is 5.96. The van der Waals surface area contributed by atoms with E-state index in [1.807, 2.05) is 30.3 Å². The van der Waals surface area contributed by atoms with Crippen LogP contribution in [-0.2, 0) is 11.3 Å². The van der Waals surface area contributed by atoms with Gasteiger partial charge in [0.2, 0.25) is 5.89 Å². The summed E-state index contributed by atoms with van der Waals surface area (Å²) in [5, 5.41) is 13.7. The third-order valence-electron chi connectivity index (χ3n) is 3.63. The zero-order valence-electron chi connectivity index (χ0n) is 13.8. The predicted octanol–water partition coefficient (Wildman–Crippen LogP) is 3.65. The second-order valence-electron chi connectivity index (χ2n) is 5.32. The number of nitro groups is 1. The third-order valence-corrected chi connectivity index (χ3v) is 3.63. The Morgan fingerprint density at radius 3 is 2.73 bits per heavy atom. The molecule has 0 aliphatic carbocycles. The van der Waals surface area contributed by atoms with Crippen LogP contribution in [0.5, 0.6) is 0 Å². The lowest BCUT2D eigenvalue weighted by Gasteiger charge is -2.08. The Morgan fingerprint density at radius 1 is 1.27 bits per heavy atom. The van der Waals surface area contributed by atoms with Crippen LogP contribution in [0.3, 0.4) is 0 Å². The maximum Gasteiger partial charge on any atom is 0.340 e. The van der Waals surface area contributed by atoms with Crippen molar-refractivity contribution < 1.29 is 18.9 Å². The molecule has 0 amide bonds. The van der Waals surface area contributed by atoms with Crippen LogP contribution in [0.4, 0.5) is 11.4 Å². The van der Waals surface area contributed by atoms with Crippen LogP contribution in [0.1, 0.15) is 16.1 Å². The first-order valence-corrected chi connectivity index (χ1v) is 7.71. The fourth-order valence-electron chi connectivity index (χ4n) is 2.34. The van der Waals surface area contributed by atoms with Crippen molar-refractivity contribution in [3.63, 3.8) is 0 Å². The monoisotopic (exact) mass is 353 g/mol. The fourth-order valence-corrected chi connectivity index (χ4v) is 2.34. The van der Waals surface area contributed by atoms with Crippen LogP contribution in [0, 0.1) is 10.1 Å². The van der Waals surface area contributed by atoms with Gasteiger partial charge in [0, 0.05) is 30.4 Å². The van der Waals surface area contributed by atoms with E-state index < -0.39 is 10.9 Å². The van der Waals surface area contributed by atoms with E-state index in [2.05, 4.69) is 10.3 Å². The SMILES string of the molecule is CNc1ccc([N+](=O)[O-])cc1C(=O)OCc1coc(-c2ccccc2)n1. The Hall–Kier alpha value is -3.68. The molecule has 8 heteroatoms. The van der Waals surface area contributed by atoms with Crippen molar-refractivity contribution in [1.29, 1.82) is 0 Å². The molecule has 0 aliphatic rings. The van der Waals surface area contributed by atoms with E-state index in [0.29, 0.717) is 17.3 Å². The number of nitro benzene ring substituents is 1. The Bertz CT molecular complexity index is 937. The molecule has 0 spiro atoms. The third kappa shape index (κ3) is 3.69. The number of carbonyl (C=O) groups excluding carboxylic acids is 1. The zero-order valence-corrected chi connectivity index (χ0v) is 13.8. The zero-order chi connectivity index (χ0) is 18.5. The molecule has 1 N–H and O–H groups in total. The number of benzene rings is 2. The van der Waals surface area contributed by atoms with Gasteiger partial charge in [-0.1, -0.05) is 18.2 Å². The van der Waals surface area contributed by atoms with Crippen LogP contribution < -0.4 is 5.32 Å². The van der Waals surface area contributed by atoms with E-state index in [1.165, 1.54) is 24.5 Å². The van der Waals surface area contributed by atoms with E-state index in [9.17, 15) is 14.9 Å². The second kappa shape index (κ2) is 7.47. The van der Waals surface area contributed by atoms with Gasteiger partial charge in [-0.3, -0.25) is 10.1 Å². The van der Waals surface area contributed by atoms with Crippen LogP contribution in [0.25, 0.3) is 11.5 Å². The maximum atomic E-state index is 12.3. The van der Waals surface area contributed by atoms with Gasteiger partial charge in [0.1, 0.15) is 18.6 Å². The highest BCUT2D eigenvalue weighted by atomic mass is 16.6. The predicted molar refractivity (Wildman–Crippen MR) is 93.7 cm³/mol. The second-order valence-corrected chi connectivity index (χ2v) is 5.32. The van der Waals surface area contributed by atoms with Crippen LogP contribution in [-0.4, -0.2) is 22.9 Å². The van der Waals surface area contributed by atoms with Crippen LogP contribution >= 0.6 is 0 Å². The quantitative estimate of drug-likeness (QED) is 0.409. The number of hydrogen-bond donors (Lipinski definition) is 1. The van der Waals surface area contributed by atoms with Crippen molar-refractivity contribution in [3.8, 4) is 11.5 Å². The number of oxazole rings is 1. The summed E-state index contributed by atoms with van der Waals surface area (Å²) in [5.74, 6) is -0.273. The summed E-state index contributed by atoms with van der Waals surface area (Å²) in [6.45, 7) is -0.110. The number of nitrogens with one attached hydrogen (secondary N) is 1. The van der Waals surface area contributed by atoms with Gasteiger partial charge in [0.05, 0.1) is 10.5 Å². The number of nitrogens with zero attached hydrogens (tertiary/aromatic N) is 2. The molecule has 0 saturated heterocycles. The van der Waals surface area contributed by atoms with Crippen molar-refractivity contribution in [2.45, 2.75) is 6.61 Å². The fraction of sp³-hybridized carbons (Fsp3) is 0.111. The molecule has 0 fully saturated rings. The van der Waals surface area contributed by atoms with Crippen molar-refractivity contribution in [1.82, 2.24) is 4.98 Å². The lowest BCUT2D eigenvalue weighted by atomic mass is 10.1. The highest BCUT2D eigenvalue weighted by Gasteiger charge is 2.18. The number of hydrogen-bond acceptors (Lipinski definition) is 7. The van der Waals surface area contributed by atoms with Crippen molar-refractivity contribution in [3.05, 3.63) is 76.2 Å². The van der Waals surface area contributed by atoms with E-state index >= 15 is 0 Å². The molecule has 132 valence electrons. The van der Waals surface area contributed by atoms with Gasteiger partial charge in [-0.05, 0) is 18.2 Å². The molecule has 1 aromatic heterocycles. The lowest BCUT2D eigenvalue weighted by Crippen LogP contribution is -2.09. The lowest BCUT2D eigenvalue weighted by molar-refractivity contribution is -0.384. The number of esters is 1. The molecule has 0 aliphatic heterocycles. The van der Waals surface area contributed by atoms with E-state index in [4.69, 9.17) is 9.15 Å². The van der Waals surface area contributed by atoms with Gasteiger partial charge >= 0.3 is 5.97 Å². The number of carbonyl (C=O) groups is 1. The molecule has 0 bridgehead atoms. The Labute approximate surface area is 148 Å². The maximum absolute atomic E-state index is 12.3. The van der Waals surface area contributed by atoms with E-state index in [0.717, 1.165) is 5.56 Å². The molecule has 0 atom stereocenters. The van der Waals surface area contributed by atoms with Gasteiger partial charge in [-0.25, -0.2) is 9.78 Å². The highest BCUT2D eigenvalue weighted by Crippen LogP contribution is 2.23. The normalized spacial score (nSPS) is 10.3. The number of ether oxygens (including phenoxy) is 1. The van der Waals surface area contributed by atoms with E-state index in [1.54, 1.807) is 7.05 Å². The molecule has 3 aromatic rings. The first kappa shape index (κ1) is 17.2. The van der Waals surface area contributed by atoms with Gasteiger partial charge in [0.25, 0.3) is 5.69 Å². The standard InChI is InChI=1S/C18H15N3O5/c1-19-16-8-7-14(21(23)24)9-15(16)18(22)26-11-13-10-25-17(20-13)12-5-3-2-4-6-12/h2-10,19H,11H2,1H3. The van der Waals surface area contributed by atoms with Crippen molar-refractivity contribution >= 4 is 17.3 Å². The average Bonchev–Trinajstić information content (AvgIpc) is 3.15. The summed E-state index contributed by atoms with van der Waals surface area (Å²) < 4.78 is 10.6. The average molecular weight is 353 g/mol. The topological polar surface area (TPSA) is 108 Å². The number of non-ortho nitro benzene ring substituents is 1. The number of aromatic nitrogens is 1. The Morgan fingerprint density at radius 2 is 2.04 bits per heavy atom.